The van der Waals surface area contributed by atoms with E-state index >= 15 is 0 Å². The molecule has 35 heavy (non-hydrogen) atoms. The Morgan fingerprint density at radius 3 is 2.57 bits per heavy atom. The summed E-state index contributed by atoms with van der Waals surface area (Å²) in [5.41, 5.74) is 3.10. The molecule has 0 bridgehead atoms. The van der Waals surface area contributed by atoms with Gasteiger partial charge in [0, 0.05) is 25.3 Å². The predicted octanol–water partition coefficient (Wildman–Crippen LogP) is 3.69. The molecule has 4 rings (SSSR count). The molecule has 1 fully saturated rings. The first kappa shape index (κ1) is 25.1. The number of aromatic amines is 1. The number of aryl methyl sites for hydroxylation is 2. The number of pyridine rings is 1. The molecule has 0 radical (unpaired) electrons. The van der Waals surface area contributed by atoms with Gasteiger partial charge in [-0.1, -0.05) is 12.1 Å². The summed E-state index contributed by atoms with van der Waals surface area (Å²) in [6.45, 7) is 6.48. The van der Waals surface area contributed by atoms with Gasteiger partial charge in [0.15, 0.2) is 0 Å². The number of rotatable bonds is 8. The van der Waals surface area contributed by atoms with Gasteiger partial charge in [0.25, 0.3) is 5.56 Å². The summed E-state index contributed by atoms with van der Waals surface area (Å²) in [5.74, 6) is -0.513. The summed E-state index contributed by atoms with van der Waals surface area (Å²) < 4.78 is 39.3. The number of H-pyrrole nitrogens is 1. The van der Waals surface area contributed by atoms with E-state index in [0.717, 1.165) is 34.9 Å². The van der Waals surface area contributed by atoms with E-state index in [1.807, 2.05) is 26.0 Å². The standard InChI is InChI=1S/C26H30N2O6S/c1-4-33-26(30)19-9-11-23(12-10-19)35(31,32)28(16-22-6-5-13-34-22)15-21-14-20-8-7-17(2)18(3)24(20)27-25(21)29/h7-12,14,22H,4-6,13,15-16H2,1-3H3,(H,27,29)/t22-/m1/s1. The van der Waals surface area contributed by atoms with Crippen molar-refractivity contribution in [3.63, 3.8) is 0 Å². The van der Waals surface area contributed by atoms with Gasteiger partial charge in [-0.25, -0.2) is 13.2 Å². The maximum absolute atomic E-state index is 13.6. The number of ether oxygens (including phenoxy) is 2. The van der Waals surface area contributed by atoms with Crippen LogP contribution in [0.5, 0.6) is 0 Å². The van der Waals surface area contributed by atoms with Crippen LogP contribution < -0.4 is 5.56 Å². The van der Waals surface area contributed by atoms with Crippen molar-refractivity contribution in [2.24, 2.45) is 0 Å². The molecule has 8 nitrogen and oxygen atoms in total. The minimum Gasteiger partial charge on any atom is -0.462 e. The Labute approximate surface area is 204 Å². The fraction of sp³-hybridized carbons (Fsp3) is 0.385. The summed E-state index contributed by atoms with van der Waals surface area (Å²) in [5, 5.41) is 0.843. The van der Waals surface area contributed by atoms with E-state index in [1.54, 1.807) is 13.0 Å². The summed E-state index contributed by atoms with van der Waals surface area (Å²) in [7, 11) is -3.98. The Bertz CT molecular complexity index is 1390. The van der Waals surface area contributed by atoms with E-state index in [4.69, 9.17) is 9.47 Å². The molecular formula is C26H30N2O6S. The van der Waals surface area contributed by atoms with Crippen molar-refractivity contribution in [1.82, 2.24) is 9.29 Å². The zero-order valence-corrected chi connectivity index (χ0v) is 21.0. The number of carbonyl (C=O) groups is 1. The fourth-order valence-electron chi connectivity index (χ4n) is 4.27. The van der Waals surface area contributed by atoms with E-state index in [2.05, 4.69) is 4.98 Å². The molecule has 1 saturated heterocycles. The average Bonchev–Trinajstić information content (AvgIpc) is 3.35. The van der Waals surface area contributed by atoms with E-state index in [9.17, 15) is 18.0 Å². The van der Waals surface area contributed by atoms with Gasteiger partial charge in [0.1, 0.15) is 0 Å². The average molecular weight is 499 g/mol. The molecule has 1 aromatic heterocycles. The third-order valence-electron chi connectivity index (χ3n) is 6.41. The zero-order chi connectivity index (χ0) is 25.2. The third-order valence-corrected chi connectivity index (χ3v) is 8.24. The Balaban J connectivity index is 1.69. The van der Waals surface area contributed by atoms with Gasteiger partial charge in [-0.15, -0.1) is 0 Å². The van der Waals surface area contributed by atoms with Gasteiger partial charge in [-0.3, -0.25) is 4.79 Å². The molecule has 0 spiro atoms. The predicted molar refractivity (Wildman–Crippen MR) is 133 cm³/mol. The largest absolute Gasteiger partial charge is 0.462 e. The molecule has 1 atom stereocenters. The van der Waals surface area contributed by atoms with Gasteiger partial charge in [-0.2, -0.15) is 4.31 Å². The normalized spacial score (nSPS) is 16.2. The third kappa shape index (κ3) is 5.32. The summed E-state index contributed by atoms with van der Waals surface area (Å²) in [6, 6.07) is 11.3. The molecule has 2 heterocycles. The smallest absolute Gasteiger partial charge is 0.338 e. The highest BCUT2D eigenvalue weighted by atomic mass is 32.2. The quantitative estimate of drug-likeness (QED) is 0.475. The van der Waals surface area contributed by atoms with Crippen molar-refractivity contribution < 1.29 is 22.7 Å². The number of fused-ring (bicyclic) bond motifs is 1. The number of hydrogen-bond donors (Lipinski definition) is 1. The fourth-order valence-corrected chi connectivity index (χ4v) is 5.72. The number of sulfonamides is 1. The van der Waals surface area contributed by atoms with Gasteiger partial charge in [-0.05, 0) is 80.5 Å². The number of nitrogens with one attached hydrogen (secondary N) is 1. The second-order valence-electron chi connectivity index (χ2n) is 8.77. The number of benzene rings is 2. The second-order valence-corrected chi connectivity index (χ2v) is 10.7. The Morgan fingerprint density at radius 2 is 1.91 bits per heavy atom. The molecule has 1 aliphatic rings. The Hall–Kier alpha value is -3.01. The Morgan fingerprint density at radius 1 is 1.17 bits per heavy atom. The minimum atomic E-state index is -3.98. The molecule has 3 aromatic rings. The van der Waals surface area contributed by atoms with Crippen molar-refractivity contribution in [2.75, 3.05) is 19.8 Å². The van der Waals surface area contributed by atoms with Crippen LogP contribution in [0.4, 0.5) is 0 Å². The molecule has 0 amide bonds. The monoisotopic (exact) mass is 498 g/mol. The first-order valence-corrected chi connectivity index (χ1v) is 13.2. The topological polar surface area (TPSA) is 106 Å². The van der Waals surface area contributed by atoms with Crippen LogP contribution in [0.15, 0.2) is 52.2 Å². The number of esters is 1. The lowest BCUT2D eigenvalue weighted by Gasteiger charge is -2.25. The molecule has 0 aliphatic carbocycles. The second kappa shape index (κ2) is 10.3. The number of aromatic nitrogens is 1. The van der Waals surface area contributed by atoms with Crippen LogP contribution in [-0.4, -0.2) is 49.5 Å². The van der Waals surface area contributed by atoms with Crippen molar-refractivity contribution in [2.45, 2.75) is 51.2 Å². The lowest BCUT2D eigenvalue weighted by atomic mass is 10.0. The Kier molecular flexibility index (Phi) is 7.39. The van der Waals surface area contributed by atoms with Gasteiger partial charge in [0.2, 0.25) is 10.0 Å². The van der Waals surface area contributed by atoms with Crippen molar-refractivity contribution in [1.29, 1.82) is 0 Å². The summed E-state index contributed by atoms with van der Waals surface area (Å²) in [6.07, 6.45) is 1.37. The first-order valence-electron chi connectivity index (χ1n) is 11.7. The van der Waals surface area contributed by atoms with Gasteiger partial charge >= 0.3 is 5.97 Å². The highest BCUT2D eigenvalue weighted by Gasteiger charge is 2.30. The lowest BCUT2D eigenvalue weighted by molar-refractivity contribution is 0.0526. The molecule has 0 unspecified atom stereocenters. The lowest BCUT2D eigenvalue weighted by Crippen LogP contribution is -2.38. The summed E-state index contributed by atoms with van der Waals surface area (Å²) in [4.78, 5) is 27.9. The molecule has 1 N–H and O–H groups in total. The zero-order valence-electron chi connectivity index (χ0n) is 20.2. The highest BCUT2D eigenvalue weighted by Crippen LogP contribution is 2.24. The molecule has 1 aliphatic heterocycles. The van der Waals surface area contributed by atoms with Crippen LogP contribution in [0.25, 0.3) is 10.9 Å². The number of hydrogen-bond acceptors (Lipinski definition) is 6. The minimum absolute atomic E-state index is 0.0345. The summed E-state index contributed by atoms with van der Waals surface area (Å²) >= 11 is 0. The van der Waals surface area contributed by atoms with E-state index in [-0.39, 0.29) is 41.8 Å². The van der Waals surface area contributed by atoms with Crippen LogP contribution in [0.3, 0.4) is 0 Å². The van der Waals surface area contributed by atoms with Crippen LogP contribution in [0.2, 0.25) is 0 Å². The van der Waals surface area contributed by atoms with Crippen molar-refractivity contribution in [3.05, 3.63) is 75.1 Å². The maximum atomic E-state index is 13.6. The van der Waals surface area contributed by atoms with E-state index < -0.39 is 16.0 Å². The van der Waals surface area contributed by atoms with Gasteiger partial charge in [0.05, 0.1) is 28.7 Å². The molecule has 9 heteroatoms. The maximum Gasteiger partial charge on any atom is 0.338 e. The van der Waals surface area contributed by atoms with Crippen molar-refractivity contribution in [3.8, 4) is 0 Å². The van der Waals surface area contributed by atoms with E-state index in [0.29, 0.717) is 12.2 Å². The number of nitrogens with zero attached hydrogens (tertiary/aromatic N) is 1. The highest BCUT2D eigenvalue weighted by molar-refractivity contribution is 7.89. The SMILES string of the molecule is CCOC(=O)c1ccc(S(=O)(=O)N(Cc2cc3ccc(C)c(C)c3[nH]c2=O)C[C@H]2CCCO2)cc1. The number of carbonyl (C=O) groups excluding carboxylic acids is 1. The van der Waals surface area contributed by atoms with Crippen LogP contribution in [0, 0.1) is 13.8 Å². The molecule has 186 valence electrons. The molecule has 0 saturated carbocycles. The van der Waals surface area contributed by atoms with E-state index in [1.165, 1.54) is 28.6 Å². The van der Waals surface area contributed by atoms with Crippen LogP contribution in [0.1, 0.15) is 46.8 Å². The van der Waals surface area contributed by atoms with Crippen molar-refractivity contribution >= 4 is 26.9 Å². The molecule has 2 aromatic carbocycles. The first-order chi connectivity index (χ1) is 16.7. The van der Waals surface area contributed by atoms with Crippen LogP contribution in [-0.2, 0) is 26.0 Å². The van der Waals surface area contributed by atoms with Crippen LogP contribution >= 0.6 is 0 Å². The molecular weight excluding hydrogens is 468 g/mol. The van der Waals surface area contributed by atoms with Gasteiger partial charge < -0.3 is 14.5 Å².